The first kappa shape index (κ1) is 25.9. The maximum Gasteiger partial charge on any atom is 0.247 e. The zero-order valence-electron chi connectivity index (χ0n) is 20.7. The fraction of sp³-hybridized carbons (Fsp3) is 0.522. The molecule has 0 unspecified atom stereocenters. The Morgan fingerprint density at radius 3 is 2.75 bits per heavy atom. The number of amides is 2. The van der Waals surface area contributed by atoms with Gasteiger partial charge in [-0.1, -0.05) is 11.6 Å². The third kappa shape index (κ3) is 5.61. The summed E-state index contributed by atoms with van der Waals surface area (Å²) in [6.45, 7) is 8.09. The lowest BCUT2D eigenvalue weighted by Gasteiger charge is -2.36. The second-order valence-electron chi connectivity index (χ2n) is 8.73. The second-order valence-corrected chi connectivity index (χ2v) is 9.09. The molecule has 4 heterocycles. The maximum absolute atomic E-state index is 13.2. The van der Waals surface area contributed by atoms with Crippen LogP contribution in [0, 0.1) is 13.8 Å². The van der Waals surface area contributed by atoms with Crippen molar-refractivity contribution in [2.45, 2.75) is 20.4 Å². The van der Waals surface area contributed by atoms with E-state index in [-0.39, 0.29) is 48.2 Å². The number of morpholine rings is 1. The van der Waals surface area contributed by atoms with Crippen LogP contribution in [0.25, 0.3) is 0 Å². The molecule has 13 heteroatoms. The Kier molecular flexibility index (Phi) is 8.07. The summed E-state index contributed by atoms with van der Waals surface area (Å²) in [5, 5.41) is 2.88. The number of methoxy groups -OCH3 is 1. The molecule has 4 rings (SSSR count). The number of nitrogen functional groups attached to an aromatic ring is 1. The van der Waals surface area contributed by atoms with E-state index < -0.39 is 0 Å². The van der Waals surface area contributed by atoms with E-state index in [0.29, 0.717) is 32.1 Å². The topological polar surface area (TPSA) is 139 Å². The molecule has 0 saturated carbocycles. The zero-order valence-corrected chi connectivity index (χ0v) is 21.5. The fourth-order valence-electron chi connectivity index (χ4n) is 4.42. The van der Waals surface area contributed by atoms with Crippen molar-refractivity contribution in [2.24, 2.45) is 0 Å². The van der Waals surface area contributed by atoms with E-state index in [9.17, 15) is 9.59 Å². The highest BCUT2D eigenvalue weighted by Crippen LogP contribution is 2.38. The summed E-state index contributed by atoms with van der Waals surface area (Å²) in [7, 11) is 1.61. The third-order valence-corrected chi connectivity index (χ3v) is 6.55. The summed E-state index contributed by atoms with van der Waals surface area (Å²) in [6, 6.07) is 0. The number of rotatable bonds is 8. The molecular formula is C23H31ClN8O4. The van der Waals surface area contributed by atoms with Crippen molar-refractivity contribution < 1.29 is 19.1 Å². The molecule has 0 aliphatic carbocycles. The number of aromatic nitrogens is 3. The minimum Gasteiger partial charge on any atom is -0.496 e. The van der Waals surface area contributed by atoms with Crippen LogP contribution in [0.4, 0.5) is 17.5 Å². The van der Waals surface area contributed by atoms with Crippen LogP contribution in [0.1, 0.15) is 16.8 Å². The molecule has 0 aromatic carbocycles. The lowest BCUT2D eigenvalue weighted by molar-refractivity contribution is -0.123. The number of ether oxygens (including phenoxy) is 2. The smallest absolute Gasteiger partial charge is 0.247 e. The fourth-order valence-corrected chi connectivity index (χ4v) is 4.69. The van der Waals surface area contributed by atoms with Crippen LogP contribution < -0.4 is 25.6 Å². The Labute approximate surface area is 214 Å². The number of fused-ring (bicyclic) bond motifs is 1. The van der Waals surface area contributed by atoms with Crippen molar-refractivity contribution in [3.63, 3.8) is 0 Å². The SMILES string of the molecule is COc1c(C)cnc(CN2CC(=O)N(CC(=O)NCCN3CCOCC3)c3c(Cl)nc(N)nc32)c1C. The van der Waals surface area contributed by atoms with Gasteiger partial charge in [0, 0.05) is 43.5 Å². The largest absolute Gasteiger partial charge is 0.496 e. The third-order valence-electron chi connectivity index (χ3n) is 6.28. The number of nitrogens with one attached hydrogen (secondary N) is 1. The van der Waals surface area contributed by atoms with Gasteiger partial charge in [0.05, 0.1) is 39.1 Å². The minimum absolute atomic E-state index is 0.00262. The predicted molar refractivity (Wildman–Crippen MR) is 135 cm³/mol. The number of anilines is 3. The number of nitrogens with two attached hydrogens (primary N) is 1. The van der Waals surface area contributed by atoms with Gasteiger partial charge in [0.25, 0.3) is 0 Å². The van der Waals surface area contributed by atoms with Crippen LogP contribution in [0.15, 0.2) is 6.20 Å². The van der Waals surface area contributed by atoms with E-state index in [1.165, 1.54) is 4.90 Å². The van der Waals surface area contributed by atoms with Crippen LogP contribution in [-0.2, 0) is 20.9 Å². The molecule has 1 saturated heterocycles. The quantitative estimate of drug-likeness (QED) is 0.476. The molecule has 12 nitrogen and oxygen atoms in total. The first-order chi connectivity index (χ1) is 17.3. The standard InChI is InChI=1S/C23H31ClN8O4/c1-14-10-27-16(15(2)20(14)35-3)11-31-13-18(34)32(19-21(24)28-23(25)29-22(19)31)12-17(33)26-4-5-30-6-8-36-9-7-30/h10H,4-9,11-13H2,1-3H3,(H,26,33)(H2,25,28,29). The van der Waals surface area contributed by atoms with Gasteiger partial charge in [-0.25, -0.2) is 0 Å². The molecule has 0 spiro atoms. The van der Waals surface area contributed by atoms with Crippen molar-refractivity contribution in [3.8, 4) is 5.75 Å². The summed E-state index contributed by atoms with van der Waals surface area (Å²) in [5.41, 5.74) is 8.63. The van der Waals surface area contributed by atoms with Crippen LogP contribution in [-0.4, -0.2) is 91.3 Å². The van der Waals surface area contributed by atoms with Gasteiger partial charge in [-0.15, -0.1) is 0 Å². The molecule has 0 bridgehead atoms. The molecule has 1 fully saturated rings. The number of carbonyl (C=O) groups is 2. The number of hydrogen-bond acceptors (Lipinski definition) is 10. The van der Waals surface area contributed by atoms with Crippen molar-refractivity contribution in [2.75, 3.05) is 75.1 Å². The average molecular weight is 519 g/mol. The van der Waals surface area contributed by atoms with Crippen LogP contribution in [0.3, 0.4) is 0 Å². The van der Waals surface area contributed by atoms with Crippen molar-refractivity contribution >= 4 is 40.9 Å². The molecule has 0 atom stereocenters. The Hall–Kier alpha value is -3.22. The van der Waals surface area contributed by atoms with Gasteiger partial charge in [0.15, 0.2) is 11.0 Å². The molecule has 194 valence electrons. The van der Waals surface area contributed by atoms with Crippen molar-refractivity contribution in [1.82, 2.24) is 25.2 Å². The molecule has 36 heavy (non-hydrogen) atoms. The first-order valence-corrected chi connectivity index (χ1v) is 12.1. The number of hydrogen-bond donors (Lipinski definition) is 2. The molecule has 2 aromatic heterocycles. The Balaban J connectivity index is 1.52. The zero-order chi connectivity index (χ0) is 25.8. The monoisotopic (exact) mass is 518 g/mol. The molecular weight excluding hydrogens is 488 g/mol. The Morgan fingerprint density at radius 2 is 2.03 bits per heavy atom. The summed E-state index contributed by atoms with van der Waals surface area (Å²) in [4.78, 5) is 44.1. The van der Waals surface area contributed by atoms with E-state index in [1.54, 1.807) is 18.2 Å². The molecule has 2 aliphatic rings. The van der Waals surface area contributed by atoms with Gasteiger partial charge in [-0.05, 0) is 13.8 Å². The van der Waals surface area contributed by atoms with Crippen LogP contribution in [0.5, 0.6) is 5.75 Å². The van der Waals surface area contributed by atoms with E-state index in [0.717, 1.165) is 35.7 Å². The number of aryl methyl sites for hydroxylation is 1. The van der Waals surface area contributed by atoms with E-state index in [1.807, 2.05) is 13.8 Å². The average Bonchev–Trinajstić information content (AvgIpc) is 2.84. The normalized spacial score (nSPS) is 16.2. The lowest BCUT2D eigenvalue weighted by Crippen LogP contribution is -2.50. The van der Waals surface area contributed by atoms with E-state index in [2.05, 4.69) is 25.2 Å². The van der Waals surface area contributed by atoms with E-state index in [4.69, 9.17) is 26.8 Å². The van der Waals surface area contributed by atoms with Gasteiger partial charge in [-0.2, -0.15) is 9.97 Å². The Morgan fingerprint density at radius 1 is 1.28 bits per heavy atom. The summed E-state index contributed by atoms with van der Waals surface area (Å²) in [5.74, 6) is 0.467. The number of nitrogens with zero attached hydrogens (tertiary/aromatic N) is 6. The molecule has 2 amide bonds. The summed E-state index contributed by atoms with van der Waals surface area (Å²) in [6.07, 6.45) is 1.72. The lowest BCUT2D eigenvalue weighted by atomic mass is 10.1. The minimum atomic E-state index is -0.308. The highest BCUT2D eigenvalue weighted by atomic mass is 35.5. The molecule has 3 N–H and O–H groups in total. The molecule has 2 aromatic rings. The van der Waals surface area contributed by atoms with Gasteiger partial charge in [0.1, 0.15) is 18.0 Å². The van der Waals surface area contributed by atoms with Gasteiger partial charge in [-0.3, -0.25) is 24.4 Å². The van der Waals surface area contributed by atoms with Crippen LogP contribution >= 0.6 is 11.6 Å². The molecule has 0 radical (unpaired) electrons. The summed E-state index contributed by atoms with van der Waals surface area (Å²) >= 11 is 6.43. The van der Waals surface area contributed by atoms with Gasteiger partial charge in [0.2, 0.25) is 17.8 Å². The highest BCUT2D eigenvalue weighted by molar-refractivity contribution is 6.34. The van der Waals surface area contributed by atoms with Crippen molar-refractivity contribution in [1.29, 1.82) is 0 Å². The summed E-state index contributed by atoms with van der Waals surface area (Å²) < 4.78 is 10.9. The second kappa shape index (κ2) is 11.2. The highest BCUT2D eigenvalue weighted by Gasteiger charge is 2.35. The predicted octanol–water partition coefficient (Wildman–Crippen LogP) is 0.534. The van der Waals surface area contributed by atoms with Gasteiger partial charge < -0.3 is 25.4 Å². The Bertz CT molecular complexity index is 1140. The van der Waals surface area contributed by atoms with Crippen LogP contribution in [0.2, 0.25) is 5.15 Å². The van der Waals surface area contributed by atoms with E-state index >= 15 is 0 Å². The number of pyridine rings is 1. The number of carbonyl (C=O) groups excluding carboxylic acids is 2. The number of halogens is 1. The van der Waals surface area contributed by atoms with Gasteiger partial charge >= 0.3 is 0 Å². The maximum atomic E-state index is 13.2. The first-order valence-electron chi connectivity index (χ1n) is 11.7. The molecule has 2 aliphatic heterocycles. The van der Waals surface area contributed by atoms with Crippen molar-refractivity contribution in [3.05, 3.63) is 28.2 Å².